The highest BCUT2D eigenvalue weighted by Gasteiger charge is 2.26. The maximum Gasteiger partial charge on any atom is 0.0599 e. The van der Waals surface area contributed by atoms with Crippen LogP contribution in [-0.2, 0) is 10.5 Å². The van der Waals surface area contributed by atoms with Crippen LogP contribution in [0.3, 0.4) is 0 Å². The maximum absolute atomic E-state index is 5.90. The van der Waals surface area contributed by atoms with Gasteiger partial charge in [0.05, 0.1) is 6.10 Å². The lowest BCUT2D eigenvalue weighted by Gasteiger charge is -2.38. The van der Waals surface area contributed by atoms with Gasteiger partial charge in [-0.2, -0.15) is 11.8 Å². The Bertz CT molecular complexity index is 374. The molecule has 1 heterocycles. The van der Waals surface area contributed by atoms with Gasteiger partial charge in [0.25, 0.3) is 0 Å². The largest absolute Gasteiger partial charge is 0.381 e. The lowest BCUT2D eigenvalue weighted by atomic mass is 9.99. The number of ether oxygens (including phenoxy) is 1. The second kappa shape index (κ2) is 8.67. The molecule has 0 radical (unpaired) electrons. The molecular weight excluding hydrogens is 268 g/mol. The second-order valence-electron chi connectivity index (χ2n) is 5.35. The van der Waals surface area contributed by atoms with Gasteiger partial charge < -0.3 is 10.5 Å². The predicted octanol–water partition coefficient (Wildman–Crippen LogP) is 2.36. The predicted molar refractivity (Wildman–Crippen MR) is 87.1 cm³/mol. The third-order valence-corrected chi connectivity index (χ3v) is 5.04. The summed E-state index contributed by atoms with van der Waals surface area (Å²) >= 11 is 2.01. The monoisotopic (exact) mass is 294 g/mol. The molecule has 0 saturated carbocycles. The van der Waals surface area contributed by atoms with Crippen LogP contribution in [0.25, 0.3) is 0 Å². The number of nitrogens with zero attached hydrogens (tertiary/aromatic N) is 1. The number of hydrogen-bond acceptors (Lipinski definition) is 4. The summed E-state index contributed by atoms with van der Waals surface area (Å²) in [4.78, 5) is 2.54. The molecule has 4 heteroatoms. The van der Waals surface area contributed by atoms with Gasteiger partial charge in [0.15, 0.2) is 0 Å². The Kier molecular flexibility index (Phi) is 6.87. The SMILES string of the molecule is COC1CCN(CCSCc2ccccc2)C(CN)C1. The molecule has 2 atom stereocenters. The first kappa shape index (κ1) is 15.8. The van der Waals surface area contributed by atoms with Gasteiger partial charge >= 0.3 is 0 Å². The quantitative estimate of drug-likeness (QED) is 0.784. The Morgan fingerprint density at radius 1 is 1.35 bits per heavy atom. The van der Waals surface area contributed by atoms with Crippen LogP contribution in [0.1, 0.15) is 18.4 Å². The Morgan fingerprint density at radius 3 is 2.85 bits per heavy atom. The van der Waals surface area contributed by atoms with Crippen molar-refractivity contribution in [3.05, 3.63) is 35.9 Å². The first-order valence-electron chi connectivity index (χ1n) is 7.42. The van der Waals surface area contributed by atoms with E-state index in [1.165, 1.54) is 11.3 Å². The summed E-state index contributed by atoms with van der Waals surface area (Å²) in [6, 6.07) is 11.2. The van der Waals surface area contributed by atoms with Crippen molar-refractivity contribution in [2.24, 2.45) is 5.73 Å². The molecule has 0 bridgehead atoms. The molecule has 1 aliphatic rings. The maximum atomic E-state index is 5.90. The molecule has 1 aliphatic heterocycles. The van der Waals surface area contributed by atoms with Crippen molar-refractivity contribution in [1.29, 1.82) is 0 Å². The van der Waals surface area contributed by atoms with Gasteiger partial charge in [0, 0.05) is 44.3 Å². The van der Waals surface area contributed by atoms with E-state index in [0.29, 0.717) is 12.1 Å². The molecule has 0 amide bonds. The van der Waals surface area contributed by atoms with Crippen molar-refractivity contribution >= 4 is 11.8 Å². The van der Waals surface area contributed by atoms with E-state index < -0.39 is 0 Å². The Labute approximate surface area is 126 Å². The molecule has 2 N–H and O–H groups in total. The molecular formula is C16H26N2OS. The van der Waals surface area contributed by atoms with E-state index in [0.717, 1.165) is 38.2 Å². The highest BCUT2D eigenvalue weighted by Crippen LogP contribution is 2.20. The summed E-state index contributed by atoms with van der Waals surface area (Å²) in [5, 5.41) is 0. The third-order valence-electron chi connectivity index (χ3n) is 4.03. The number of rotatable bonds is 7. The van der Waals surface area contributed by atoms with E-state index in [1.807, 2.05) is 18.9 Å². The van der Waals surface area contributed by atoms with Crippen LogP contribution < -0.4 is 5.73 Å². The van der Waals surface area contributed by atoms with Gasteiger partial charge in [-0.15, -0.1) is 0 Å². The minimum atomic E-state index is 0.400. The molecule has 0 aromatic heterocycles. The third kappa shape index (κ3) is 4.77. The number of benzene rings is 1. The molecule has 2 unspecified atom stereocenters. The fourth-order valence-electron chi connectivity index (χ4n) is 2.76. The molecule has 0 aliphatic carbocycles. The lowest BCUT2D eigenvalue weighted by molar-refractivity contribution is 0.0158. The van der Waals surface area contributed by atoms with Gasteiger partial charge in [-0.1, -0.05) is 30.3 Å². The summed E-state index contributed by atoms with van der Waals surface area (Å²) in [6.07, 6.45) is 2.61. The van der Waals surface area contributed by atoms with Gasteiger partial charge in [-0.3, -0.25) is 4.90 Å². The zero-order chi connectivity index (χ0) is 14.2. The average molecular weight is 294 g/mol. The summed E-state index contributed by atoms with van der Waals surface area (Å²) in [5.74, 6) is 2.27. The molecule has 1 fully saturated rings. The Balaban J connectivity index is 1.68. The van der Waals surface area contributed by atoms with Crippen molar-refractivity contribution < 1.29 is 4.74 Å². The minimum Gasteiger partial charge on any atom is -0.381 e. The number of methoxy groups -OCH3 is 1. The zero-order valence-electron chi connectivity index (χ0n) is 12.3. The van der Waals surface area contributed by atoms with E-state index in [-0.39, 0.29) is 0 Å². The van der Waals surface area contributed by atoms with Crippen molar-refractivity contribution in [3.63, 3.8) is 0 Å². The van der Waals surface area contributed by atoms with Crippen LogP contribution in [-0.4, -0.2) is 49.5 Å². The first-order valence-corrected chi connectivity index (χ1v) is 8.57. The summed E-state index contributed by atoms with van der Waals surface area (Å²) in [5.41, 5.74) is 7.31. The van der Waals surface area contributed by atoms with Crippen LogP contribution in [0.5, 0.6) is 0 Å². The van der Waals surface area contributed by atoms with Crippen molar-refractivity contribution in [2.75, 3.05) is 32.5 Å². The summed E-state index contributed by atoms with van der Waals surface area (Å²) < 4.78 is 5.47. The van der Waals surface area contributed by atoms with Crippen LogP contribution >= 0.6 is 11.8 Å². The molecule has 2 rings (SSSR count). The number of hydrogen-bond donors (Lipinski definition) is 1. The Morgan fingerprint density at radius 2 is 2.15 bits per heavy atom. The summed E-state index contributed by atoms with van der Waals surface area (Å²) in [7, 11) is 1.81. The molecule has 20 heavy (non-hydrogen) atoms. The van der Waals surface area contributed by atoms with E-state index in [4.69, 9.17) is 10.5 Å². The van der Waals surface area contributed by atoms with E-state index >= 15 is 0 Å². The van der Waals surface area contributed by atoms with Gasteiger partial charge in [0.1, 0.15) is 0 Å². The first-order chi connectivity index (χ1) is 9.83. The lowest BCUT2D eigenvalue weighted by Crippen LogP contribution is -2.49. The second-order valence-corrected chi connectivity index (χ2v) is 6.45. The zero-order valence-corrected chi connectivity index (χ0v) is 13.1. The molecule has 3 nitrogen and oxygen atoms in total. The molecule has 1 saturated heterocycles. The van der Waals surface area contributed by atoms with E-state index in [1.54, 1.807) is 0 Å². The van der Waals surface area contributed by atoms with Crippen molar-refractivity contribution in [3.8, 4) is 0 Å². The smallest absolute Gasteiger partial charge is 0.0599 e. The number of nitrogens with two attached hydrogens (primary N) is 1. The fraction of sp³-hybridized carbons (Fsp3) is 0.625. The van der Waals surface area contributed by atoms with Crippen LogP contribution in [0.2, 0.25) is 0 Å². The molecule has 1 aromatic carbocycles. The number of thioether (sulfide) groups is 1. The molecule has 1 aromatic rings. The van der Waals surface area contributed by atoms with Gasteiger partial charge in [-0.05, 0) is 18.4 Å². The fourth-order valence-corrected chi connectivity index (χ4v) is 3.70. The van der Waals surface area contributed by atoms with E-state index in [9.17, 15) is 0 Å². The van der Waals surface area contributed by atoms with Gasteiger partial charge in [-0.25, -0.2) is 0 Å². The molecule has 0 spiro atoms. The Hall–Kier alpha value is -0.550. The van der Waals surface area contributed by atoms with E-state index in [2.05, 4.69) is 35.2 Å². The standard InChI is InChI=1S/C16H26N2OS/c1-19-16-7-8-18(15(11-16)12-17)9-10-20-13-14-5-3-2-4-6-14/h2-6,15-16H,7-13,17H2,1H3. The van der Waals surface area contributed by atoms with Crippen molar-refractivity contribution in [2.45, 2.75) is 30.7 Å². The van der Waals surface area contributed by atoms with Gasteiger partial charge in [0.2, 0.25) is 0 Å². The number of likely N-dealkylation sites (tertiary alicyclic amines) is 1. The minimum absolute atomic E-state index is 0.400. The van der Waals surface area contributed by atoms with Crippen LogP contribution in [0.4, 0.5) is 0 Å². The normalized spacial score (nSPS) is 23.9. The van der Waals surface area contributed by atoms with Crippen molar-refractivity contribution in [1.82, 2.24) is 4.90 Å². The van der Waals surface area contributed by atoms with Crippen LogP contribution in [0, 0.1) is 0 Å². The average Bonchev–Trinajstić information content (AvgIpc) is 2.52. The topological polar surface area (TPSA) is 38.5 Å². The summed E-state index contributed by atoms with van der Waals surface area (Å²) in [6.45, 7) is 2.99. The molecule has 112 valence electrons. The van der Waals surface area contributed by atoms with Crippen LogP contribution in [0.15, 0.2) is 30.3 Å². The highest BCUT2D eigenvalue weighted by molar-refractivity contribution is 7.98. The number of piperidine rings is 1. The highest BCUT2D eigenvalue weighted by atomic mass is 32.2.